The fourth-order valence-corrected chi connectivity index (χ4v) is 5.71. The number of aromatic nitrogens is 1. The zero-order chi connectivity index (χ0) is 29.0. The van der Waals surface area contributed by atoms with Crippen LogP contribution >= 0.6 is 12.2 Å². The number of hydrogen-bond donors (Lipinski definition) is 1. The van der Waals surface area contributed by atoms with Gasteiger partial charge in [0, 0.05) is 12.1 Å². The van der Waals surface area contributed by atoms with Gasteiger partial charge in [-0.15, -0.1) is 0 Å². The highest BCUT2D eigenvalue weighted by Crippen LogP contribution is 2.48. The van der Waals surface area contributed by atoms with Crippen LogP contribution in [0.25, 0.3) is 0 Å². The largest absolute Gasteiger partial charge is 0.491 e. The lowest BCUT2D eigenvalue weighted by Crippen LogP contribution is -2.55. The third kappa shape index (κ3) is 4.55. The molecule has 2 aliphatic heterocycles. The highest BCUT2D eigenvalue weighted by atomic mass is 32.1. The van der Waals surface area contributed by atoms with E-state index in [0.29, 0.717) is 35.9 Å². The molecule has 9 nitrogen and oxygen atoms in total. The minimum Gasteiger partial charge on any atom is -0.491 e. The standard InChI is InChI=1S/C25H20F5N5O4S/c26-24(27)9-16(33(13-24)22(37)38)12-39-17-4-2-14(3-5-17)35-21(40)34(20(36)23(35)6-1-7-23)15-8-18(25(28,29)30)19(10-31)32-11-15/h2-5,8,11,16H,1,6-7,9,12-13H2,(H,37,38). The number of halogens is 5. The Hall–Kier alpha value is -4.06. The van der Waals surface area contributed by atoms with Gasteiger partial charge in [-0.25, -0.2) is 18.6 Å². The maximum absolute atomic E-state index is 13.7. The van der Waals surface area contributed by atoms with E-state index in [9.17, 15) is 36.6 Å². The molecule has 1 atom stereocenters. The summed E-state index contributed by atoms with van der Waals surface area (Å²) in [4.78, 5) is 31.6. The molecular formula is C25H20F5N5O4S. The monoisotopic (exact) mass is 581 g/mol. The number of rotatable bonds is 5. The van der Waals surface area contributed by atoms with Crippen molar-refractivity contribution in [2.45, 2.75) is 49.4 Å². The van der Waals surface area contributed by atoms with E-state index in [0.717, 1.165) is 11.1 Å². The van der Waals surface area contributed by atoms with E-state index in [-0.39, 0.29) is 23.2 Å². The van der Waals surface area contributed by atoms with Crippen LogP contribution in [0.5, 0.6) is 5.75 Å². The summed E-state index contributed by atoms with van der Waals surface area (Å²) in [6, 6.07) is 7.17. The van der Waals surface area contributed by atoms with Gasteiger partial charge in [-0.3, -0.25) is 14.6 Å². The number of thiocarbonyl (C=S) groups is 1. The number of amides is 2. The molecule has 3 heterocycles. The number of carboxylic acid groups (broad SMARTS) is 1. The van der Waals surface area contributed by atoms with E-state index in [1.807, 2.05) is 0 Å². The van der Waals surface area contributed by atoms with Crippen LogP contribution in [0.4, 0.5) is 38.1 Å². The molecule has 2 amide bonds. The second-order valence-corrected chi connectivity index (χ2v) is 10.1. The van der Waals surface area contributed by atoms with Crippen LogP contribution in [-0.2, 0) is 11.0 Å². The molecule has 1 aliphatic carbocycles. The fraction of sp³-hybridized carbons (Fsp3) is 0.400. The van der Waals surface area contributed by atoms with Gasteiger partial charge in [0.05, 0.1) is 30.0 Å². The molecule has 1 aromatic heterocycles. The van der Waals surface area contributed by atoms with Crippen molar-refractivity contribution < 1.29 is 41.4 Å². The number of likely N-dealkylation sites (tertiary alicyclic amines) is 1. The molecule has 40 heavy (non-hydrogen) atoms. The normalized spacial score (nSPS) is 21.5. The lowest BCUT2D eigenvalue weighted by molar-refractivity contribution is -0.138. The van der Waals surface area contributed by atoms with Crippen molar-refractivity contribution in [2.24, 2.45) is 0 Å². The molecule has 15 heteroatoms. The molecule has 0 radical (unpaired) electrons. The molecule has 2 saturated heterocycles. The van der Waals surface area contributed by atoms with Gasteiger partial charge < -0.3 is 14.7 Å². The van der Waals surface area contributed by atoms with Crippen LogP contribution in [0.1, 0.15) is 36.9 Å². The number of ether oxygens (including phenoxy) is 1. The summed E-state index contributed by atoms with van der Waals surface area (Å²) >= 11 is 5.56. The Morgan fingerprint density at radius 2 is 1.90 bits per heavy atom. The molecule has 1 unspecified atom stereocenters. The maximum Gasteiger partial charge on any atom is 0.419 e. The third-order valence-electron chi connectivity index (χ3n) is 7.29. The summed E-state index contributed by atoms with van der Waals surface area (Å²) in [6.45, 7) is -1.21. The first-order valence-corrected chi connectivity index (χ1v) is 12.4. The Kier molecular flexibility index (Phi) is 6.56. The quantitative estimate of drug-likeness (QED) is 0.396. The van der Waals surface area contributed by atoms with Gasteiger partial charge in [0.25, 0.3) is 11.8 Å². The maximum atomic E-state index is 13.7. The summed E-state index contributed by atoms with van der Waals surface area (Å²) in [5, 5.41) is 18.2. The molecule has 1 N–H and O–H groups in total. The first kappa shape index (κ1) is 27.5. The second kappa shape index (κ2) is 9.54. The Labute approximate surface area is 229 Å². The van der Waals surface area contributed by atoms with Crippen LogP contribution in [0.3, 0.4) is 0 Å². The number of hydrogen-bond acceptors (Lipinski definition) is 6. The van der Waals surface area contributed by atoms with Gasteiger partial charge in [-0.2, -0.15) is 18.4 Å². The Balaban J connectivity index is 1.38. The summed E-state index contributed by atoms with van der Waals surface area (Å²) in [5.74, 6) is -3.41. The number of anilines is 2. The zero-order valence-corrected chi connectivity index (χ0v) is 21.3. The predicted octanol–water partition coefficient (Wildman–Crippen LogP) is 4.80. The number of benzene rings is 1. The molecule has 2 aromatic rings. The summed E-state index contributed by atoms with van der Waals surface area (Å²) in [5.41, 5.74) is -2.99. The van der Waals surface area contributed by atoms with Gasteiger partial charge >= 0.3 is 12.3 Å². The smallest absolute Gasteiger partial charge is 0.419 e. The molecule has 1 spiro atoms. The SMILES string of the molecule is N#Cc1ncc(N2C(=O)C3(CCC3)N(c3ccc(OCC4CC(F)(F)CN4C(=O)O)cc3)C2=S)cc1C(F)(F)F. The minimum absolute atomic E-state index is 0.0664. The second-order valence-electron chi connectivity index (χ2n) is 9.77. The Morgan fingerprint density at radius 3 is 2.45 bits per heavy atom. The number of alkyl halides is 5. The molecule has 3 aliphatic rings. The fourth-order valence-electron chi connectivity index (χ4n) is 5.24. The van der Waals surface area contributed by atoms with E-state index >= 15 is 0 Å². The average molecular weight is 582 g/mol. The molecule has 3 fully saturated rings. The van der Waals surface area contributed by atoms with Crippen molar-refractivity contribution in [2.75, 3.05) is 23.0 Å². The first-order chi connectivity index (χ1) is 18.8. The van der Waals surface area contributed by atoms with Crippen LogP contribution in [0.2, 0.25) is 0 Å². The van der Waals surface area contributed by atoms with Crippen molar-refractivity contribution in [1.82, 2.24) is 9.88 Å². The summed E-state index contributed by atoms with van der Waals surface area (Å²) < 4.78 is 73.7. The van der Waals surface area contributed by atoms with Gasteiger partial charge in [0.2, 0.25) is 0 Å². The Bertz CT molecular complexity index is 1420. The molecule has 1 aromatic carbocycles. The Morgan fingerprint density at radius 1 is 1.23 bits per heavy atom. The van der Waals surface area contributed by atoms with Gasteiger partial charge in [0.15, 0.2) is 10.8 Å². The highest BCUT2D eigenvalue weighted by molar-refractivity contribution is 7.81. The van der Waals surface area contributed by atoms with Crippen molar-refractivity contribution in [3.8, 4) is 11.8 Å². The predicted molar refractivity (Wildman–Crippen MR) is 133 cm³/mol. The lowest BCUT2D eigenvalue weighted by atomic mass is 9.75. The summed E-state index contributed by atoms with van der Waals surface area (Å²) in [6.07, 6.45) is -4.53. The number of carbonyl (C=O) groups is 2. The molecule has 0 bridgehead atoms. The minimum atomic E-state index is -4.88. The first-order valence-electron chi connectivity index (χ1n) is 12.0. The van der Waals surface area contributed by atoms with Gasteiger partial charge in [0.1, 0.15) is 24.0 Å². The van der Waals surface area contributed by atoms with E-state index in [4.69, 9.17) is 22.2 Å². The van der Waals surface area contributed by atoms with Crippen molar-refractivity contribution in [3.63, 3.8) is 0 Å². The summed E-state index contributed by atoms with van der Waals surface area (Å²) in [7, 11) is 0. The van der Waals surface area contributed by atoms with Gasteiger partial charge in [-0.05, 0) is 61.8 Å². The molecule has 5 rings (SSSR count). The number of pyridine rings is 1. The van der Waals surface area contributed by atoms with E-state index in [2.05, 4.69) is 4.98 Å². The van der Waals surface area contributed by atoms with Crippen LogP contribution < -0.4 is 14.5 Å². The third-order valence-corrected chi connectivity index (χ3v) is 7.66. The topological polar surface area (TPSA) is 110 Å². The van der Waals surface area contributed by atoms with Gasteiger partial charge in [-0.1, -0.05) is 0 Å². The van der Waals surface area contributed by atoms with E-state index in [1.165, 1.54) is 18.2 Å². The van der Waals surface area contributed by atoms with Crippen LogP contribution in [0.15, 0.2) is 36.5 Å². The number of carbonyl (C=O) groups excluding carboxylic acids is 1. The van der Waals surface area contributed by atoms with E-state index in [1.54, 1.807) is 17.0 Å². The van der Waals surface area contributed by atoms with Crippen LogP contribution in [0, 0.1) is 11.3 Å². The van der Waals surface area contributed by atoms with Crippen molar-refractivity contribution >= 4 is 40.7 Å². The van der Waals surface area contributed by atoms with Crippen molar-refractivity contribution in [3.05, 3.63) is 47.8 Å². The zero-order valence-electron chi connectivity index (χ0n) is 20.5. The number of nitriles is 1. The number of nitrogens with zero attached hydrogens (tertiary/aromatic N) is 5. The van der Waals surface area contributed by atoms with E-state index < -0.39 is 59.9 Å². The van der Waals surface area contributed by atoms with Crippen molar-refractivity contribution in [1.29, 1.82) is 5.26 Å². The van der Waals surface area contributed by atoms with Crippen LogP contribution in [-0.4, -0.2) is 62.8 Å². The average Bonchev–Trinajstić information content (AvgIpc) is 3.31. The molecule has 210 valence electrons. The lowest BCUT2D eigenvalue weighted by Gasteiger charge is -2.43. The highest BCUT2D eigenvalue weighted by Gasteiger charge is 2.59. The molecule has 1 saturated carbocycles. The molecular weight excluding hydrogens is 561 g/mol.